The van der Waals surface area contributed by atoms with Crippen LogP contribution in [0.5, 0.6) is 0 Å². The van der Waals surface area contributed by atoms with Crippen molar-refractivity contribution >= 4 is 5.69 Å². The summed E-state index contributed by atoms with van der Waals surface area (Å²) in [6.45, 7) is 0.596. The lowest BCUT2D eigenvalue weighted by molar-refractivity contribution is 0.625. The number of anilines is 1. The van der Waals surface area contributed by atoms with Crippen LogP contribution in [0.3, 0.4) is 0 Å². The third kappa shape index (κ3) is 2.42. The molecule has 0 unspecified atom stereocenters. The molecular formula is C10H15FN2. The summed E-state index contributed by atoms with van der Waals surface area (Å²) < 4.78 is 13.2. The van der Waals surface area contributed by atoms with Crippen LogP contribution in [-0.4, -0.2) is 20.6 Å². The summed E-state index contributed by atoms with van der Waals surface area (Å²) in [6.07, 6.45) is 0.793. The largest absolute Gasteiger partial charge is 0.375 e. The van der Waals surface area contributed by atoms with Crippen molar-refractivity contribution in [2.45, 2.75) is 6.42 Å². The van der Waals surface area contributed by atoms with E-state index in [1.165, 1.54) is 6.07 Å². The average Bonchev–Trinajstić information content (AvgIpc) is 2.08. The van der Waals surface area contributed by atoms with E-state index in [4.69, 9.17) is 5.73 Å². The lowest BCUT2D eigenvalue weighted by Gasteiger charge is -2.14. The van der Waals surface area contributed by atoms with Crippen molar-refractivity contribution in [1.82, 2.24) is 0 Å². The van der Waals surface area contributed by atoms with Gasteiger partial charge >= 0.3 is 0 Å². The summed E-state index contributed by atoms with van der Waals surface area (Å²) in [7, 11) is 3.65. The molecule has 0 aliphatic heterocycles. The Hall–Kier alpha value is -1.09. The van der Waals surface area contributed by atoms with Gasteiger partial charge in [0.25, 0.3) is 0 Å². The van der Waals surface area contributed by atoms with Crippen molar-refractivity contribution in [1.29, 1.82) is 0 Å². The highest BCUT2D eigenvalue weighted by Gasteiger charge is 2.04. The minimum Gasteiger partial charge on any atom is -0.375 e. The maximum absolute atomic E-state index is 13.2. The molecule has 0 aromatic heterocycles. The Morgan fingerprint density at radius 3 is 2.62 bits per heavy atom. The summed E-state index contributed by atoms with van der Waals surface area (Å²) >= 11 is 0. The molecule has 0 saturated heterocycles. The molecule has 3 heteroatoms. The summed E-state index contributed by atoms with van der Waals surface area (Å²) in [5.74, 6) is -0.189. The Balaban J connectivity index is 2.97. The predicted molar refractivity (Wildman–Crippen MR) is 53.5 cm³/mol. The Kier molecular flexibility index (Phi) is 3.25. The lowest BCUT2D eigenvalue weighted by Crippen LogP contribution is -2.11. The van der Waals surface area contributed by atoms with Crippen molar-refractivity contribution in [3.63, 3.8) is 0 Å². The molecule has 0 radical (unpaired) electrons. The van der Waals surface area contributed by atoms with Gasteiger partial charge < -0.3 is 10.6 Å². The van der Waals surface area contributed by atoms with Gasteiger partial charge in [-0.15, -0.1) is 0 Å². The predicted octanol–water partition coefficient (Wildman–Crippen LogP) is 1.39. The minimum atomic E-state index is -0.189. The SMILES string of the molecule is CN(C)c1cc(CCN)ccc1F. The molecule has 0 heterocycles. The van der Waals surface area contributed by atoms with E-state index in [0.29, 0.717) is 12.2 Å². The maximum atomic E-state index is 13.2. The quantitative estimate of drug-likeness (QED) is 0.765. The van der Waals surface area contributed by atoms with Crippen molar-refractivity contribution in [2.24, 2.45) is 5.73 Å². The Morgan fingerprint density at radius 2 is 2.08 bits per heavy atom. The van der Waals surface area contributed by atoms with Crippen molar-refractivity contribution in [3.8, 4) is 0 Å². The Bertz CT molecular complexity index is 284. The van der Waals surface area contributed by atoms with Crippen LogP contribution in [0.2, 0.25) is 0 Å². The van der Waals surface area contributed by atoms with Crippen molar-refractivity contribution in [2.75, 3.05) is 25.5 Å². The van der Waals surface area contributed by atoms with Crippen LogP contribution in [0.15, 0.2) is 18.2 Å². The molecule has 0 spiro atoms. The molecular weight excluding hydrogens is 167 g/mol. The van der Waals surface area contributed by atoms with Crippen LogP contribution in [-0.2, 0) is 6.42 Å². The zero-order valence-corrected chi connectivity index (χ0v) is 8.05. The van der Waals surface area contributed by atoms with Gasteiger partial charge in [0, 0.05) is 14.1 Å². The molecule has 0 aliphatic rings. The molecule has 0 atom stereocenters. The summed E-state index contributed by atoms with van der Waals surface area (Å²) in [5, 5.41) is 0. The fourth-order valence-electron chi connectivity index (χ4n) is 1.22. The topological polar surface area (TPSA) is 29.3 Å². The first-order valence-corrected chi connectivity index (χ1v) is 4.31. The Labute approximate surface area is 78.2 Å². The third-order valence-corrected chi connectivity index (χ3v) is 1.93. The molecule has 0 fully saturated rings. The highest BCUT2D eigenvalue weighted by atomic mass is 19.1. The molecule has 0 aliphatic carbocycles. The number of nitrogens with zero attached hydrogens (tertiary/aromatic N) is 1. The van der Waals surface area contributed by atoms with Crippen molar-refractivity contribution in [3.05, 3.63) is 29.6 Å². The second-order valence-electron chi connectivity index (χ2n) is 3.22. The molecule has 1 aromatic rings. The molecule has 13 heavy (non-hydrogen) atoms. The van der Waals surface area contributed by atoms with Crippen LogP contribution in [0.25, 0.3) is 0 Å². The van der Waals surface area contributed by atoms with Crippen molar-refractivity contribution < 1.29 is 4.39 Å². The number of benzene rings is 1. The molecule has 0 bridgehead atoms. The van der Waals surface area contributed by atoms with E-state index in [1.807, 2.05) is 20.2 Å². The van der Waals surface area contributed by atoms with E-state index in [9.17, 15) is 4.39 Å². The van der Waals surface area contributed by atoms with Crippen LogP contribution in [0, 0.1) is 5.82 Å². The molecule has 72 valence electrons. The van der Waals surface area contributed by atoms with Gasteiger partial charge in [0.15, 0.2) is 0 Å². The van der Waals surface area contributed by atoms with E-state index in [2.05, 4.69) is 0 Å². The number of halogens is 1. The van der Waals surface area contributed by atoms with E-state index >= 15 is 0 Å². The van der Waals surface area contributed by atoms with Gasteiger partial charge in [-0.3, -0.25) is 0 Å². The number of hydrogen-bond donors (Lipinski definition) is 1. The van der Waals surface area contributed by atoms with Crippen LogP contribution in [0.1, 0.15) is 5.56 Å². The van der Waals surface area contributed by atoms with Gasteiger partial charge in [-0.2, -0.15) is 0 Å². The molecule has 1 aromatic carbocycles. The molecule has 0 saturated carbocycles. The first kappa shape index (κ1) is 9.99. The second kappa shape index (κ2) is 4.23. The highest BCUT2D eigenvalue weighted by molar-refractivity contribution is 5.48. The number of rotatable bonds is 3. The average molecular weight is 182 g/mol. The summed E-state index contributed by atoms with van der Waals surface area (Å²) in [6, 6.07) is 5.09. The van der Waals surface area contributed by atoms with Gasteiger partial charge in [-0.05, 0) is 30.7 Å². The highest BCUT2D eigenvalue weighted by Crippen LogP contribution is 2.18. The normalized spacial score (nSPS) is 10.2. The Morgan fingerprint density at radius 1 is 1.38 bits per heavy atom. The summed E-state index contributed by atoms with van der Waals surface area (Å²) in [5.41, 5.74) is 7.11. The van der Waals surface area contributed by atoms with Crippen LogP contribution < -0.4 is 10.6 Å². The van der Waals surface area contributed by atoms with E-state index in [0.717, 1.165) is 12.0 Å². The van der Waals surface area contributed by atoms with Gasteiger partial charge in [-0.1, -0.05) is 6.07 Å². The van der Waals surface area contributed by atoms with E-state index < -0.39 is 0 Å². The van der Waals surface area contributed by atoms with E-state index in [1.54, 1.807) is 11.0 Å². The molecule has 0 amide bonds. The fourth-order valence-corrected chi connectivity index (χ4v) is 1.22. The van der Waals surface area contributed by atoms with Gasteiger partial charge in [0.05, 0.1) is 5.69 Å². The molecule has 1 rings (SSSR count). The zero-order chi connectivity index (χ0) is 9.84. The molecule has 2 nitrogen and oxygen atoms in total. The monoisotopic (exact) mass is 182 g/mol. The van der Waals surface area contributed by atoms with Gasteiger partial charge in [0.2, 0.25) is 0 Å². The maximum Gasteiger partial charge on any atom is 0.146 e. The molecule has 2 N–H and O–H groups in total. The van der Waals surface area contributed by atoms with Gasteiger partial charge in [0.1, 0.15) is 5.82 Å². The second-order valence-corrected chi connectivity index (χ2v) is 3.22. The van der Waals surface area contributed by atoms with Crippen LogP contribution >= 0.6 is 0 Å². The zero-order valence-electron chi connectivity index (χ0n) is 8.05. The lowest BCUT2D eigenvalue weighted by atomic mass is 10.1. The van der Waals surface area contributed by atoms with Gasteiger partial charge in [-0.25, -0.2) is 4.39 Å². The first-order chi connectivity index (χ1) is 6.15. The summed E-state index contributed by atoms with van der Waals surface area (Å²) in [4.78, 5) is 1.76. The third-order valence-electron chi connectivity index (χ3n) is 1.93. The van der Waals surface area contributed by atoms with Crippen LogP contribution in [0.4, 0.5) is 10.1 Å². The van der Waals surface area contributed by atoms with E-state index in [-0.39, 0.29) is 5.82 Å². The smallest absolute Gasteiger partial charge is 0.146 e. The standard InChI is InChI=1S/C10H15FN2/c1-13(2)10-7-8(5-6-12)3-4-9(10)11/h3-4,7H,5-6,12H2,1-2H3. The fraction of sp³-hybridized carbons (Fsp3) is 0.400. The minimum absolute atomic E-state index is 0.189. The first-order valence-electron chi connectivity index (χ1n) is 4.31. The number of nitrogens with two attached hydrogens (primary N) is 1. The number of hydrogen-bond acceptors (Lipinski definition) is 2.